The number of hydrogen-bond donors (Lipinski definition) is 0. The number of carbonyl (C=O) groups is 2. The van der Waals surface area contributed by atoms with Crippen LogP contribution in [0.1, 0.15) is 24.0 Å². The molecule has 0 bridgehead atoms. The monoisotopic (exact) mass is 340 g/mol. The summed E-state index contributed by atoms with van der Waals surface area (Å²) < 4.78 is 21.2. The molecule has 6 heteroatoms. The number of hydrogen-bond acceptors (Lipinski definition) is 6. The third-order valence-electron chi connectivity index (χ3n) is 4.75. The highest BCUT2D eigenvalue weighted by Gasteiger charge is 2.49. The molecule has 2 aliphatic heterocycles. The smallest absolute Gasteiger partial charge is 0.312 e. The van der Waals surface area contributed by atoms with Gasteiger partial charge in [-0.3, -0.25) is 9.59 Å². The molecule has 0 saturated heterocycles. The van der Waals surface area contributed by atoms with E-state index in [1.807, 2.05) is 12.1 Å². The molecule has 0 fully saturated rings. The predicted molar refractivity (Wildman–Crippen MR) is 87.3 cm³/mol. The summed E-state index contributed by atoms with van der Waals surface area (Å²) in [5, 5.41) is 0. The van der Waals surface area contributed by atoms with Gasteiger partial charge in [0.1, 0.15) is 23.0 Å². The lowest BCUT2D eigenvalue weighted by Gasteiger charge is -2.40. The molecule has 0 saturated carbocycles. The maximum absolute atomic E-state index is 12.3. The number of benzene rings is 2. The standard InChI is InChI=1S/C19H16O6/c1-22-11-3-5-13-15(7-11)24-17(20)9-19(13)10-18(21)25-16-8-12(23-2)4-6-14(16)19/h3-8H,9-10H2,1-2H3. The first-order valence-corrected chi connectivity index (χ1v) is 7.84. The average Bonchev–Trinajstić information content (AvgIpc) is 2.60. The molecule has 4 rings (SSSR count). The molecule has 0 amide bonds. The maximum atomic E-state index is 12.3. The minimum atomic E-state index is -0.812. The number of methoxy groups -OCH3 is 2. The minimum absolute atomic E-state index is 0.0702. The average molecular weight is 340 g/mol. The van der Waals surface area contributed by atoms with Gasteiger partial charge >= 0.3 is 11.9 Å². The normalized spacial score (nSPS) is 17.2. The second-order valence-electron chi connectivity index (χ2n) is 6.11. The van der Waals surface area contributed by atoms with Crippen LogP contribution >= 0.6 is 0 Å². The van der Waals surface area contributed by atoms with Gasteiger partial charge in [0, 0.05) is 28.7 Å². The van der Waals surface area contributed by atoms with Crippen LogP contribution in [0.4, 0.5) is 0 Å². The van der Waals surface area contributed by atoms with Gasteiger partial charge in [0.05, 0.1) is 27.1 Å². The summed E-state index contributed by atoms with van der Waals surface area (Å²) in [5.74, 6) is 1.20. The summed E-state index contributed by atoms with van der Waals surface area (Å²) in [6.07, 6.45) is 0.140. The van der Waals surface area contributed by atoms with Gasteiger partial charge in [-0.2, -0.15) is 0 Å². The van der Waals surface area contributed by atoms with Crippen LogP contribution in [-0.2, 0) is 15.0 Å². The Bertz CT molecular complexity index is 812. The molecule has 1 spiro atoms. The first kappa shape index (κ1) is 15.5. The van der Waals surface area contributed by atoms with Crippen LogP contribution < -0.4 is 18.9 Å². The van der Waals surface area contributed by atoms with E-state index in [9.17, 15) is 9.59 Å². The zero-order valence-electron chi connectivity index (χ0n) is 13.8. The van der Waals surface area contributed by atoms with E-state index in [2.05, 4.69) is 0 Å². The minimum Gasteiger partial charge on any atom is -0.497 e. The van der Waals surface area contributed by atoms with Gasteiger partial charge in [-0.25, -0.2) is 0 Å². The molecule has 128 valence electrons. The van der Waals surface area contributed by atoms with Crippen molar-refractivity contribution in [1.29, 1.82) is 0 Å². The summed E-state index contributed by atoms with van der Waals surface area (Å²) in [6, 6.07) is 10.6. The molecule has 0 unspecified atom stereocenters. The van der Waals surface area contributed by atoms with Crippen molar-refractivity contribution in [1.82, 2.24) is 0 Å². The van der Waals surface area contributed by atoms with E-state index >= 15 is 0 Å². The molecule has 2 heterocycles. The van der Waals surface area contributed by atoms with Crippen molar-refractivity contribution in [3.05, 3.63) is 47.5 Å². The van der Waals surface area contributed by atoms with Crippen LogP contribution in [0.5, 0.6) is 23.0 Å². The second kappa shape index (κ2) is 5.51. The molecule has 0 aliphatic carbocycles. The summed E-state index contributed by atoms with van der Waals surface area (Å²) in [5.41, 5.74) is 0.736. The lowest BCUT2D eigenvalue weighted by atomic mass is 9.67. The lowest BCUT2D eigenvalue weighted by Crippen LogP contribution is -2.42. The quantitative estimate of drug-likeness (QED) is 0.618. The highest BCUT2D eigenvalue weighted by atomic mass is 16.5. The number of ether oxygens (including phenoxy) is 4. The van der Waals surface area contributed by atoms with Gasteiger partial charge in [0.25, 0.3) is 0 Å². The fourth-order valence-corrected chi connectivity index (χ4v) is 3.62. The number of fused-ring (bicyclic) bond motifs is 4. The van der Waals surface area contributed by atoms with Gasteiger partial charge in [0.2, 0.25) is 0 Å². The van der Waals surface area contributed by atoms with E-state index in [0.717, 1.165) is 11.1 Å². The first-order chi connectivity index (χ1) is 12.1. The molecule has 0 atom stereocenters. The van der Waals surface area contributed by atoms with E-state index < -0.39 is 17.4 Å². The molecule has 0 radical (unpaired) electrons. The Labute approximate surface area is 144 Å². The molecule has 2 aliphatic rings. The number of carbonyl (C=O) groups excluding carboxylic acids is 2. The largest absolute Gasteiger partial charge is 0.497 e. The molecular formula is C19H16O6. The Morgan fingerprint density at radius 1 is 0.800 bits per heavy atom. The Kier molecular flexibility index (Phi) is 3.42. The molecule has 6 nitrogen and oxygen atoms in total. The van der Waals surface area contributed by atoms with Crippen molar-refractivity contribution < 1.29 is 28.5 Å². The zero-order valence-corrected chi connectivity index (χ0v) is 13.8. The van der Waals surface area contributed by atoms with Gasteiger partial charge < -0.3 is 18.9 Å². The van der Waals surface area contributed by atoms with Gasteiger partial charge in [-0.05, 0) is 12.1 Å². The third-order valence-corrected chi connectivity index (χ3v) is 4.75. The first-order valence-electron chi connectivity index (χ1n) is 7.84. The van der Waals surface area contributed by atoms with Crippen molar-refractivity contribution in [2.45, 2.75) is 18.3 Å². The molecule has 2 aromatic carbocycles. The Balaban J connectivity index is 1.96. The summed E-state index contributed by atoms with van der Waals surface area (Å²) in [6.45, 7) is 0. The highest BCUT2D eigenvalue weighted by molar-refractivity contribution is 5.86. The van der Waals surface area contributed by atoms with Crippen molar-refractivity contribution in [2.75, 3.05) is 14.2 Å². The maximum Gasteiger partial charge on any atom is 0.312 e. The number of rotatable bonds is 2. The van der Waals surface area contributed by atoms with Crippen LogP contribution in [-0.4, -0.2) is 26.2 Å². The van der Waals surface area contributed by atoms with E-state index in [0.29, 0.717) is 23.0 Å². The van der Waals surface area contributed by atoms with E-state index in [4.69, 9.17) is 18.9 Å². The second-order valence-corrected chi connectivity index (χ2v) is 6.11. The fourth-order valence-electron chi connectivity index (χ4n) is 3.62. The van der Waals surface area contributed by atoms with Crippen molar-refractivity contribution in [3.8, 4) is 23.0 Å². The van der Waals surface area contributed by atoms with Crippen LogP contribution in [0.15, 0.2) is 36.4 Å². The van der Waals surface area contributed by atoms with E-state index in [-0.39, 0.29) is 12.8 Å². The van der Waals surface area contributed by atoms with Crippen LogP contribution in [0.3, 0.4) is 0 Å². The molecule has 25 heavy (non-hydrogen) atoms. The van der Waals surface area contributed by atoms with E-state index in [1.54, 1.807) is 38.5 Å². The van der Waals surface area contributed by atoms with Crippen LogP contribution in [0, 0.1) is 0 Å². The molecule has 0 aromatic heterocycles. The van der Waals surface area contributed by atoms with Gasteiger partial charge in [-0.1, -0.05) is 12.1 Å². The molecule has 2 aromatic rings. The van der Waals surface area contributed by atoms with Gasteiger partial charge in [0.15, 0.2) is 0 Å². The fraction of sp³-hybridized carbons (Fsp3) is 0.263. The predicted octanol–water partition coefficient (Wildman–Crippen LogP) is 2.61. The SMILES string of the molecule is COc1ccc2c(c1)OC(=O)CC21CC(=O)Oc2cc(OC)ccc21. The summed E-state index contributed by atoms with van der Waals surface area (Å²) in [7, 11) is 3.09. The summed E-state index contributed by atoms with van der Waals surface area (Å²) >= 11 is 0. The van der Waals surface area contributed by atoms with Crippen molar-refractivity contribution in [3.63, 3.8) is 0 Å². The van der Waals surface area contributed by atoms with Gasteiger partial charge in [-0.15, -0.1) is 0 Å². The Morgan fingerprint density at radius 2 is 1.24 bits per heavy atom. The Hall–Kier alpha value is -3.02. The van der Waals surface area contributed by atoms with Crippen LogP contribution in [0.25, 0.3) is 0 Å². The molecular weight excluding hydrogens is 324 g/mol. The zero-order chi connectivity index (χ0) is 17.6. The van der Waals surface area contributed by atoms with Crippen molar-refractivity contribution >= 4 is 11.9 Å². The number of esters is 2. The molecule has 0 N–H and O–H groups in total. The third kappa shape index (κ3) is 2.33. The highest BCUT2D eigenvalue weighted by Crippen LogP contribution is 2.52. The lowest BCUT2D eigenvalue weighted by molar-refractivity contribution is -0.140. The summed E-state index contributed by atoms with van der Waals surface area (Å²) in [4.78, 5) is 24.6. The topological polar surface area (TPSA) is 71.1 Å². The van der Waals surface area contributed by atoms with Crippen molar-refractivity contribution in [2.24, 2.45) is 0 Å². The Morgan fingerprint density at radius 3 is 1.64 bits per heavy atom. The van der Waals surface area contributed by atoms with E-state index in [1.165, 1.54) is 0 Å². The van der Waals surface area contributed by atoms with Crippen LogP contribution in [0.2, 0.25) is 0 Å².